The zero-order valence-corrected chi connectivity index (χ0v) is 11.7. The average molecular weight is 277 g/mol. The molecule has 2 nitrogen and oxygen atoms in total. The summed E-state index contributed by atoms with van der Waals surface area (Å²) in [5.74, 6) is -0.850. The van der Waals surface area contributed by atoms with Crippen molar-refractivity contribution in [1.82, 2.24) is 0 Å². The summed E-state index contributed by atoms with van der Waals surface area (Å²) >= 11 is 0. The molecule has 0 amide bonds. The Morgan fingerprint density at radius 2 is 1.95 bits per heavy atom. The van der Waals surface area contributed by atoms with E-state index in [4.69, 9.17) is 10.00 Å². The number of hydrogen-bond donors (Lipinski definition) is 0. The van der Waals surface area contributed by atoms with Gasteiger partial charge in [0, 0.05) is 0 Å². The SMILES string of the molecule is CC1CCC(C(C)C)C(OCC(C#N)C(F)(F)F)C1. The largest absolute Gasteiger partial charge is 0.406 e. The minimum Gasteiger partial charge on any atom is -0.376 e. The molecule has 4 atom stereocenters. The van der Waals surface area contributed by atoms with Crippen molar-refractivity contribution in [3.05, 3.63) is 0 Å². The molecule has 0 radical (unpaired) electrons. The van der Waals surface area contributed by atoms with E-state index < -0.39 is 18.7 Å². The van der Waals surface area contributed by atoms with Gasteiger partial charge in [-0.05, 0) is 30.6 Å². The Morgan fingerprint density at radius 1 is 1.32 bits per heavy atom. The van der Waals surface area contributed by atoms with E-state index in [9.17, 15) is 13.2 Å². The van der Waals surface area contributed by atoms with E-state index in [1.54, 1.807) is 0 Å². The van der Waals surface area contributed by atoms with Crippen LogP contribution in [0.4, 0.5) is 13.2 Å². The monoisotopic (exact) mass is 277 g/mol. The molecule has 1 aliphatic carbocycles. The second kappa shape index (κ2) is 6.60. The van der Waals surface area contributed by atoms with Gasteiger partial charge >= 0.3 is 6.18 Å². The minimum absolute atomic E-state index is 0.151. The van der Waals surface area contributed by atoms with Crippen LogP contribution in [0.1, 0.15) is 40.0 Å². The first-order valence-electron chi connectivity index (χ1n) is 6.83. The average Bonchev–Trinajstić information content (AvgIpc) is 2.27. The lowest BCUT2D eigenvalue weighted by molar-refractivity contribution is -0.180. The van der Waals surface area contributed by atoms with Gasteiger partial charge in [-0.15, -0.1) is 0 Å². The summed E-state index contributed by atoms with van der Waals surface area (Å²) in [6, 6.07) is 1.29. The lowest BCUT2D eigenvalue weighted by Gasteiger charge is -2.37. The van der Waals surface area contributed by atoms with Crippen LogP contribution in [0.15, 0.2) is 0 Å². The molecule has 1 fully saturated rings. The Hall–Kier alpha value is -0.760. The van der Waals surface area contributed by atoms with Crippen molar-refractivity contribution in [3.63, 3.8) is 0 Å². The smallest absolute Gasteiger partial charge is 0.376 e. The van der Waals surface area contributed by atoms with E-state index in [2.05, 4.69) is 20.8 Å². The third kappa shape index (κ3) is 4.68. The molecule has 0 spiro atoms. The highest BCUT2D eigenvalue weighted by Crippen LogP contribution is 2.36. The molecule has 1 rings (SSSR count). The molecule has 0 saturated heterocycles. The van der Waals surface area contributed by atoms with Gasteiger partial charge in [0.05, 0.1) is 18.8 Å². The second-order valence-corrected chi connectivity index (χ2v) is 5.92. The van der Waals surface area contributed by atoms with Gasteiger partial charge in [-0.3, -0.25) is 0 Å². The van der Waals surface area contributed by atoms with Crippen LogP contribution in [0.2, 0.25) is 0 Å². The molecule has 19 heavy (non-hydrogen) atoms. The fraction of sp³-hybridized carbons (Fsp3) is 0.929. The van der Waals surface area contributed by atoms with Gasteiger partial charge < -0.3 is 4.74 Å². The Kier molecular flexibility index (Phi) is 5.66. The van der Waals surface area contributed by atoms with Crippen LogP contribution in [0.3, 0.4) is 0 Å². The van der Waals surface area contributed by atoms with Gasteiger partial charge in [0.1, 0.15) is 0 Å². The van der Waals surface area contributed by atoms with Crippen molar-refractivity contribution in [2.45, 2.75) is 52.3 Å². The number of nitrogens with zero attached hydrogens (tertiary/aromatic N) is 1. The van der Waals surface area contributed by atoms with E-state index in [1.165, 1.54) is 6.07 Å². The molecule has 0 bridgehead atoms. The molecule has 0 heterocycles. The maximum absolute atomic E-state index is 12.5. The molecule has 110 valence electrons. The Morgan fingerprint density at radius 3 is 2.42 bits per heavy atom. The maximum atomic E-state index is 12.5. The van der Waals surface area contributed by atoms with E-state index in [0.29, 0.717) is 17.8 Å². The molecule has 0 N–H and O–H groups in total. The molecule has 5 heteroatoms. The number of nitriles is 1. The van der Waals surface area contributed by atoms with Crippen LogP contribution in [-0.2, 0) is 4.74 Å². The zero-order chi connectivity index (χ0) is 14.6. The third-order valence-corrected chi connectivity index (χ3v) is 3.99. The van der Waals surface area contributed by atoms with Gasteiger partial charge in [0.15, 0.2) is 5.92 Å². The van der Waals surface area contributed by atoms with Crippen LogP contribution in [0.5, 0.6) is 0 Å². The topological polar surface area (TPSA) is 33.0 Å². The highest BCUT2D eigenvalue weighted by molar-refractivity contribution is 4.89. The van der Waals surface area contributed by atoms with Gasteiger partial charge in [0.2, 0.25) is 0 Å². The molecular formula is C14H22F3NO. The van der Waals surface area contributed by atoms with Crippen molar-refractivity contribution in [2.75, 3.05) is 6.61 Å². The highest BCUT2D eigenvalue weighted by atomic mass is 19.4. The van der Waals surface area contributed by atoms with E-state index in [0.717, 1.165) is 19.3 Å². The molecule has 1 saturated carbocycles. The first-order valence-corrected chi connectivity index (χ1v) is 6.83. The third-order valence-electron chi connectivity index (χ3n) is 3.99. The van der Waals surface area contributed by atoms with Gasteiger partial charge in [0.25, 0.3) is 0 Å². The molecular weight excluding hydrogens is 255 g/mol. The van der Waals surface area contributed by atoms with Crippen LogP contribution in [-0.4, -0.2) is 18.9 Å². The number of halogens is 3. The first-order chi connectivity index (χ1) is 8.75. The number of rotatable bonds is 4. The molecule has 0 aromatic carbocycles. The Balaban J connectivity index is 2.60. The molecule has 0 aromatic rings. The summed E-state index contributed by atoms with van der Waals surface area (Å²) in [6.45, 7) is 5.70. The lowest BCUT2D eigenvalue weighted by atomic mass is 9.75. The van der Waals surface area contributed by atoms with Crippen LogP contribution in [0, 0.1) is 35.0 Å². The number of hydrogen-bond acceptors (Lipinski definition) is 2. The van der Waals surface area contributed by atoms with Crippen LogP contribution < -0.4 is 0 Å². The van der Waals surface area contributed by atoms with Gasteiger partial charge in [-0.1, -0.05) is 27.2 Å². The number of ether oxygens (including phenoxy) is 1. The van der Waals surface area contributed by atoms with Crippen LogP contribution >= 0.6 is 0 Å². The summed E-state index contributed by atoms with van der Waals surface area (Å²) in [4.78, 5) is 0. The Labute approximate surface area is 112 Å². The summed E-state index contributed by atoms with van der Waals surface area (Å²) < 4.78 is 43.0. The van der Waals surface area contributed by atoms with E-state index in [1.807, 2.05) is 0 Å². The van der Waals surface area contributed by atoms with Crippen molar-refractivity contribution in [2.24, 2.45) is 23.7 Å². The predicted octanol–water partition coefficient (Wildman–Crippen LogP) is 4.17. The molecule has 0 aliphatic heterocycles. The minimum atomic E-state index is -4.50. The van der Waals surface area contributed by atoms with Crippen LogP contribution in [0.25, 0.3) is 0 Å². The summed E-state index contributed by atoms with van der Waals surface area (Å²) in [6.07, 6.45) is -1.76. The van der Waals surface area contributed by atoms with E-state index >= 15 is 0 Å². The summed E-state index contributed by atoms with van der Waals surface area (Å²) in [7, 11) is 0. The predicted molar refractivity (Wildman–Crippen MR) is 66.2 cm³/mol. The molecule has 4 unspecified atom stereocenters. The number of alkyl halides is 3. The van der Waals surface area contributed by atoms with Crippen molar-refractivity contribution in [1.29, 1.82) is 5.26 Å². The second-order valence-electron chi connectivity index (χ2n) is 5.92. The van der Waals surface area contributed by atoms with Crippen molar-refractivity contribution >= 4 is 0 Å². The van der Waals surface area contributed by atoms with Gasteiger partial charge in [-0.25, -0.2) is 0 Å². The fourth-order valence-electron chi connectivity index (χ4n) is 2.73. The lowest BCUT2D eigenvalue weighted by Crippen LogP contribution is -2.37. The zero-order valence-electron chi connectivity index (χ0n) is 11.7. The normalized spacial score (nSPS) is 30.1. The van der Waals surface area contributed by atoms with E-state index in [-0.39, 0.29) is 6.10 Å². The highest BCUT2D eigenvalue weighted by Gasteiger charge is 2.41. The van der Waals surface area contributed by atoms with Crippen molar-refractivity contribution < 1.29 is 17.9 Å². The first kappa shape index (κ1) is 16.3. The quantitative estimate of drug-likeness (QED) is 0.772. The molecule has 1 aliphatic rings. The van der Waals surface area contributed by atoms with Gasteiger partial charge in [-0.2, -0.15) is 18.4 Å². The summed E-state index contributed by atoms with van der Waals surface area (Å²) in [5, 5.41) is 8.57. The molecule has 0 aromatic heterocycles. The fourth-order valence-corrected chi connectivity index (χ4v) is 2.73. The Bertz CT molecular complexity index is 322. The maximum Gasteiger partial charge on any atom is 0.406 e. The summed E-state index contributed by atoms with van der Waals surface area (Å²) in [5.41, 5.74) is 0. The standard InChI is InChI=1S/C14H22F3NO/c1-9(2)12-5-4-10(3)6-13(12)19-8-11(7-18)14(15,16)17/h9-13H,4-6,8H2,1-3H3. The van der Waals surface area contributed by atoms with Crippen molar-refractivity contribution in [3.8, 4) is 6.07 Å².